The van der Waals surface area contributed by atoms with Crippen LogP contribution < -0.4 is 5.32 Å². The monoisotopic (exact) mass is 374 g/mol. The highest BCUT2D eigenvalue weighted by molar-refractivity contribution is 8.00. The number of nitrogens with zero attached hydrogens (tertiary/aromatic N) is 1. The summed E-state index contributed by atoms with van der Waals surface area (Å²) in [4.78, 5) is 38.2. The molecule has 0 unspecified atom stereocenters. The Labute approximate surface area is 157 Å². The molecular formula is C19H22N2O4S. The van der Waals surface area contributed by atoms with Crippen LogP contribution in [0, 0.1) is 0 Å². The largest absolute Gasteiger partial charge is 0.451 e. The molecule has 0 aromatic heterocycles. The van der Waals surface area contributed by atoms with Gasteiger partial charge in [0.1, 0.15) is 10.9 Å². The Balaban J connectivity index is 1.75. The Morgan fingerprint density at radius 1 is 1.46 bits per heavy atom. The first-order chi connectivity index (χ1) is 12.5. The molecule has 2 aliphatic heterocycles. The molecule has 138 valence electrons. The van der Waals surface area contributed by atoms with Crippen molar-refractivity contribution in [2.24, 2.45) is 0 Å². The van der Waals surface area contributed by atoms with Gasteiger partial charge in [0.05, 0.1) is 0 Å². The van der Waals surface area contributed by atoms with E-state index in [-0.39, 0.29) is 11.8 Å². The molecule has 0 radical (unpaired) electrons. The van der Waals surface area contributed by atoms with Crippen molar-refractivity contribution in [3.05, 3.63) is 48.6 Å². The molecule has 0 bridgehead atoms. The number of carbonyl (C=O) groups excluding carboxylic acids is 3. The van der Waals surface area contributed by atoms with Crippen LogP contribution in [0.25, 0.3) is 0 Å². The van der Waals surface area contributed by atoms with Gasteiger partial charge in [-0.3, -0.25) is 9.59 Å². The first-order valence-corrected chi connectivity index (χ1v) is 9.59. The van der Waals surface area contributed by atoms with E-state index in [9.17, 15) is 14.4 Å². The Kier molecular flexibility index (Phi) is 5.36. The number of fused-ring (bicyclic) bond motifs is 1. The summed E-state index contributed by atoms with van der Waals surface area (Å²) < 4.78 is 5.34. The lowest BCUT2D eigenvalue weighted by atomic mass is 10.0. The third-order valence-corrected chi connectivity index (χ3v) is 6.30. The molecule has 1 aromatic carbocycles. The van der Waals surface area contributed by atoms with E-state index in [0.717, 1.165) is 5.56 Å². The summed E-state index contributed by atoms with van der Waals surface area (Å²) in [5.74, 6) is -0.511. The maximum atomic E-state index is 12.7. The molecule has 2 aliphatic rings. The smallest absolute Gasteiger partial charge is 0.330 e. The van der Waals surface area contributed by atoms with Crippen molar-refractivity contribution in [1.82, 2.24) is 10.2 Å². The fraction of sp³-hybridized carbons (Fsp3) is 0.421. The van der Waals surface area contributed by atoms with Crippen LogP contribution >= 0.6 is 11.8 Å². The van der Waals surface area contributed by atoms with Crippen LogP contribution in [0.5, 0.6) is 0 Å². The third-order valence-electron chi connectivity index (χ3n) is 4.71. The van der Waals surface area contributed by atoms with Crippen molar-refractivity contribution in [2.75, 3.05) is 12.3 Å². The number of rotatable bonds is 6. The summed E-state index contributed by atoms with van der Waals surface area (Å²) in [6, 6.07) is 9.09. The molecule has 3 rings (SSSR count). The van der Waals surface area contributed by atoms with Gasteiger partial charge >= 0.3 is 5.97 Å². The van der Waals surface area contributed by atoms with Crippen molar-refractivity contribution in [3.8, 4) is 0 Å². The summed E-state index contributed by atoms with van der Waals surface area (Å²) in [6.07, 6.45) is 1.70. The van der Waals surface area contributed by atoms with Crippen molar-refractivity contribution in [2.45, 2.75) is 36.8 Å². The molecule has 0 saturated carbocycles. The molecule has 3 atom stereocenters. The van der Waals surface area contributed by atoms with Crippen molar-refractivity contribution < 1.29 is 19.1 Å². The quantitative estimate of drug-likeness (QED) is 0.607. The lowest BCUT2D eigenvalue weighted by molar-refractivity contribution is -0.161. The Hall–Kier alpha value is -2.28. The van der Waals surface area contributed by atoms with Crippen LogP contribution in [0.15, 0.2) is 43.0 Å². The molecule has 2 fully saturated rings. The zero-order valence-electron chi connectivity index (χ0n) is 14.6. The molecule has 0 spiro atoms. The summed E-state index contributed by atoms with van der Waals surface area (Å²) in [5.41, 5.74) is 1.02. The normalized spacial score (nSPS) is 25.5. The van der Waals surface area contributed by atoms with Gasteiger partial charge in [0.15, 0.2) is 6.10 Å². The van der Waals surface area contributed by atoms with Crippen LogP contribution in [-0.2, 0) is 24.0 Å². The van der Waals surface area contributed by atoms with Gasteiger partial charge in [-0.2, -0.15) is 0 Å². The highest BCUT2D eigenvalue weighted by atomic mass is 32.2. The van der Waals surface area contributed by atoms with E-state index in [1.54, 1.807) is 22.7 Å². The Morgan fingerprint density at radius 3 is 2.88 bits per heavy atom. The maximum absolute atomic E-state index is 12.7. The van der Waals surface area contributed by atoms with Gasteiger partial charge in [-0.05, 0) is 18.9 Å². The van der Waals surface area contributed by atoms with E-state index in [2.05, 4.69) is 11.9 Å². The van der Waals surface area contributed by atoms with E-state index < -0.39 is 23.0 Å². The van der Waals surface area contributed by atoms with Crippen molar-refractivity contribution in [3.63, 3.8) is 0 Å². The lowest BCUT2D eigenvalue weighted by Gasteiger charge is -2.33. The van der Waals surface area contributed by atoms with Crippen LogP contribution in [0.3, 0.4) is 0 Å². The first kappa shape index (κ1) is 18.5. The fourth-order valence-electron chi connectivity index (χ4n) is 3.44. The minimum Gasteiger partial charge on any atom is -0.451 e. The molecular weight excluding hydrogens is 352 g/mol. The second-order valence-corrected chi connectivity index (χ2v) is 7.65. The highest BCUT2D eigenvalue weighted by Crippen LogP contribution is 2.54. The highest BCUT2D eigenvalue weighted by Gasteiger charge is 2.57. The van der Waals surface area contributed by atoms with Gasteiger partial charge in [0.25, 0.3) is 5.91 Å². The average molecular weight is 374 g/mol. The minimum absolute atomic E-state index is 0.0513. The zero-order valence-corrected chi connectivity index (χ0v) is 15.5. The molecule has 2 amide bonds. The van der Waals surface area contributed by atoms with E-state index in [1.165, 1.54) is 6.92 Å². The Bertz CT molecular complexity index is 724. The summed E-state index contributed by atoms with van der Waals surface area (Å²) >= 11 is 1.59. The topological polar surface area (TPSA) is 75.7 Å². The van der Waals surface area contributed by atoms with Crippen LogP contribution in [0.1, 0.15) is 25.3 Å². The number of hydrogen-bond donors (Lipinski definition) is 1. The molecule has 1 N–H and O–H groups in total. The molecule has 2 saturated heterocycles. The number of nitrogens with one attached hydrogen (secondary N) is 1. The molecule has 2 heterocycles. The predicted molar refractivity (Wildman–Crippen MR) is 99.2 cm³/mol. The maximum Gasteiger partial charge on any atom is 0.330 e. The second-order valence-electron chi connectivity index (χ2n) is 6.35. The Morgan fingerprint density at radius 2 is 2.19 bits per heavy atom. The standard InChI is InChI=1S/C19H22N2O4S/c1-3-11-20-17(23)13(2)25-18(24)15-12-26-19(10-9-16(22)21(15)19)14-7-5-4-6-8-14/h3-8,13,15H,1,9-12H2,2H3,(H,20,23)/t13-,15+,19-/m1/s1. The third kappa shape index (κ3) is 3.23. The number of esters is 1. The van der Waals surface area contributed by atoms with E-state index >= 15 is 0 Å². The predicted octanol–water partition coefficient (Wildman–Crippen LogP) is 1.81. The molecule has 1 aromatic rings. The summed E-state index contributed by atoms with van der Waals surface area (Å²) in [7, 11) is 0. The number of ether oxygens (including phenoxy) is 1. The number of benzene rings is 1. The van der Waals surface area contributed by atoms with Gasteiger partial charge in [0.2, 0.25) is 5.91 Å². The van der Waals surface area contributed by atoms with Gasteiger partial charge < -0.3 is 15.0 Å². The molecule has 6 nitrogen and oxygen atoms in total. The molecule has 0 aliphatic carbocycles. The zero-order chi connectivity index (χ0) is 18.7. The van der Waals surface area contributed by atoms with Crippen LogP contribution in [0.2, 0.25) is 0 Å². The van der Waals surface area contributed by atoms with Gasteiger partial charge in [0, 0.05) is 18.7 Å². The van der Waals surface area contributed by atoms with Crippen molar-refractivity contribution in [1.29, 1.82) is 0 Å². The van der Waals surface area contributed by atoms with Gasteiger partial charge in [-0.25, -0.2) is 4.79 Å². The molecule has 26 heavy (non-hydrogen) atoms. The van der Waals surface area contributed by atoms with Crippen molar-refractivity contribution >= 4 is 29.5 Å². The first-order valence-electron chi connectivity index (χ1n) is 8.60. The van der Waals surface area contributed by atoms with Gasteiger partial charge in [-0.15, -0.1) is 18.3 Å². The number of amides is 2. The van der Waals surface area contributed by atoms with Gasteiger partial charge in [-0.1, -0.05) is 36.4 Å². The number of carbonyl (C=O) groups is 3. The lowest BCUT2D eigenvalue weighted by Crippen LogP contribution is -2.48. The summed E-state index contributed by atoms with van der Waals surface area (Å²) in [6.45, 7) is 5.36. The van der Waals surface area contributed by atoms with Crippen LogP contribution in [0.4, 0.5) is 0 Å². The number of thioether (sulfide) groups is 1. The SMILES string of the molecule is C=CCNC(=O)[C@@H](C)OC(=O)[C@@H]1CS[C@@]2(c3ccccc3)CCC(=O)N12. The van der Waals surface area contributed by atoms with E-state index in [0.29, 0.717) is 25.1 Å². The fourth-order valence-corrected chi connectivity index (χ4v) is 5.07. The second kappa shape index (κ2) is 7.53. The van der Waals surface area contributed by atoms with Crippen LogP contribution in [-0.4, -0.2) is 47.1 Å². The van der Waals surface area contributed by atoms with E-state index in [1.807, 2.05) is 30.3 Å². The number of hydrogen-bond acceptors (Lipinski definition) is 5. The average Bonchev–Trinajstić information content (AvgIpc) is 3.20. The van der Waals surface area contributed by atoms with E-state index in [4.69, 9.17) is 4.74 Å². The molecule has 7 heteroatoms. The minimum atomic E-state index is -0.920. The summed E-state index contributed by atoms with van der Waals surface area (Å²) in [5, 5.41) is 2.60.